The molecule has 2 saturated heterocycles. The van der Waals surface area contributed by atoms with E-state index in [1.165, 1.54) is 16.7 Å². The second kappa shape index (κ2) is 8.31. The lowest BCUT2D eigenvalue weighted by atomic mass is 9.89. The average molecular weight is 415 g/mol. The van der Waals surface area contributed by atoms with E-state index in [1.807, 2.05) is 30.1 Å². The minimum absolute atomic E-state index is 0.154. The summed E-state index contributed by atoms with van der Waals surface area (Å²) in [7, 11) is 1.96. The van der Waals surface area contributed by atoms with Gasteiger partial charge in [-0.25, -0.2) is 0 Å². The monoisotopic (exact) mass is 414 g/mol. The molecule has 160 valence electrons. The normalized spacial score (nSPS) is 23.3. The third-order valence-corrected chi connectivity index (χ3v) is 6.97. The number of hydrogen-bond donors (Lipinski definition) is 0. The van der Waals surface area contributed by atoms with Crippen molar-refractivity contribution < 1.29 is 4.79 Å². The van der Waals surface area contributed by atoms with Crippen molar-refractivity contribution in [1.29, 1.82) is 0 Å². The predicted molar refractivity (Wildman–Crippen MR) is 121 cm³/mol. The van der Waals surface area contributed by atoms with Crippen LogP contribution in [0.2, 0.25) is 0 Å². The largest absolute Gasteiger partial charge is 0.335 e. The van der Waals surface area contributed by atoms with E-state index < -0.39 is 0 Å². The molecule has 5 nitrogen and oxygen atoms in total. The fourth-order valence-corrected chi connectivity index (χ4v) is 5.48. The molecule has 3 heterocycles. The van der Waals surface area contributed by atoms with Crippen LogP contribution in [0.5, 0.6) is 0 Å². The molecule has 0 bridgehead atoms. The van der Waals surface area contributed by atoms with Crippen LogP contribution in [0.15, 0.2) is 67.0 Å². The number of hydrogen-bond acceptors (Lipinski definition) is 3. The Hall–Kier alpha value is -2.92. The van der Waals surface area contributed by atoms with Crippen LogP contribution in [0, 0.1) is 18.8 Å². The van der Waals surface area contributed by atoms with Crippen molar-refractivity contribution in [2.75, 3.05) is 19.6 Å². The van der Waals surface area contributed by atoms with Crippen molar-refractivity contribution in [2.24, 2.45) is 18.9 Å². The maximum Gasteiger partial charge on any atom is 0.227 e. The van der Waals surface area contributed by atoms with Crippen LogP contribution in [0.3, 0.4) is 0 Å². The highest BCUT2D eigenvalue weighted by Gasteiger charge is 2.48. The van der Waals surface area contributed by atoms with Gasteiger partial charge >= 0.3 is 0 Å². The van der Waals surface area contributed by atoms with Crippen molar-refractivity contribution in [3.8, 4) is 0 Å². The molecular weight excluding hydrogens is 384 g/mol. The molecule has 0 unspecified atom stereocenters. The number of carbonyl (C=O) groups excluding carboxylic acids is 1. The Morgan fingerprint density at radius 2 is 1.81 bits per heavy atom. The molecule has 1 aromatic heterocycles. The highest BCUT2D eigenvalue weighted by atomic mass is 16.2. The SMILES string of the molecule is Cc1ccccc1CC(=O)N1C[C@@H]2CN(Cc3cnn(C)c3)C[C@@H]2[C@@H]1c1ccccc1. The van der Waals surface area contributed by atoms with Crippen LogP contribution >= 0.6 is 0 Å². The highest BCUT2D eigenvalue weighted by Crippen LogP contribution is 2.45. The zero-order chi connectivity index (χ0) is 21.4. The first-order chi connectivity index (χ1) is 15.1. The first kappa shape index (κ1) is 20.0. The minimum Gasteiger partial charge on any atom is -0.335 e. The molecule has 1 amide bonds. The van der Waals surface area contributed by atoms with E-state index in [0.717, 1.165) is 31.7 Å². The van der Waals surface area contributed by atoms with Gasteiger partial charge in [0.25, 0.3) is 0 Å². The van der Waals surface area contributed by atoms with Crippen LogP contribution in [0.1, 0.15) is 28.3 Å². The predicted octanol–water partition coefficient (Wildman–Crippen LogP) is 3.60. The minimum atomic E-state index is 0.154. The molecule has 3 atom stereocenters. The zero-order valence-electron chi connectivity index (χ0n) is 18.3. The lowest BCUT2D eigenvalue weighted by Gasteiger charge is -2.30. The van der Waals surface area contributed by atoms with E-state index >= 15 is 0 Å². The number of carbonyl (C=O) groups is 1. The van der Waals surface area contributed by atoms with Crippen LogP contribution in [-0.4, -0.2) is 45.1 Å². The summed E-state index contributed by atoms with van der Waals surface area (Å²) in [6, 6.07) is 19.0. The first-order valence-corrected chi connectivity index (χ1v) is 11.2. The number of fused-ring (bicyclic) bond motifs is 1. The van der Waals surface area contributed by atoms with Gasteiger partial charge in [0.2, 0.25) is 5.91 Å². The third-order valence-electron chi connectivity index (χ3n) is 6.97. The average Bonchev–Trinajstić information content (AvgIpc) is 3.44. The maximum atomic E-state index is 13.5. The molecule has 3 aromatic rings. The maximum absolute atomic E-state index is 13.5. The molecule has 0 saturated carbocycles. The Bertz CT molecular complexity index is 1060. The Labute approximate surface area is 184 Å². The molecule has 0 N–H and O–H groups in total. The Kier molecular flexibility index (Phi) is 5.36. The molecule has 31 heavy (non-hydrogen) atoms. The molecule has 0 spiro atoms. The van der Waals surface area contributed by atoms with Gasteiger partial charge in [0.15, 0.2) is 0 Å². The van der Waals surface area contributed by atoms with E-state index in [9.17, 15) is 4.79 Å². The Morgan fingerprint density at radius 1 is 1.03 bits per heavy atom. The Morgan fingerprint density at radius 3 is 2.55 bits per heavy atom. The van der Waals surface area contributed by atoms with Crippen molar-refractivity contribution in [1.82, 2.24) is 19.6 Å². The van der Waals surface area contributed by atoms with Crippen molar-refractivity contribution in [3.63, 3.8) is 0 Å². The summed E-state index contributed by atoms with van der Waals surface area (Å²) in [5, 5.41) is 4.31. The molecule has 5 rings (SSSR count). The molecule has 5 heteroatoms. The topological polar surface area (TPSA) is 41.4 Å². The van der Waals surface area contributed by atoms with Gasteiger partial charge in [-0.1, -0.05) is 54.6 Å². The Balaban J connectivity index is 1.36. The van der Waals surface area contributed by atoms with Gasteiger partial charge in [-0.15, -0.1) is 0 Å². The van der Waals surface area contributed by atoms with Crippen molar-refractivity contribution in [2.45, 2.75) is 25.9 Å². The van der Waals surface area contributed by atoms with Crippen molar-refractivity contribution in [3.05, 3.63) is 89.2 Å². The second-order valence-electron chi connectivity index (χ2n) is 9.15. The van der Waals surface area contributed by atoms with Gasteiger partial charge in [-0.05, 0) is 29.5 Å². The smallest absolute Gasteiger partial charge is 0.227 e. The summed E-state index contributed by atoms with van der Waals surface area (Å²) in [4.78, 5) is 18.2. The van der Waals surface area contributed by atoms with E-state index in [1.54, 1.807) is 0 Å². The van der Waals surface area contributed by atoms with Crippen LogP contribution in [-0.2, 0) is 24.8 Å². The van der Waals surface area contributed by atoms with Gasteiger partial charge in [0.1, 0.15) is 0 Å². The van der Waals surface area contributed by atoms with Crippen LogP contribution in [0.25, 0.3) is 0 Å². The van der Waals surface area contributed by atoms with E-state index in [4.69, 9.17) is 0 Å². The molecule has 2 aliphatic rings. The fraction of sp³-hybridized carbons (Fsp3) is 0.385. The van der Waals surface area contributed by atoms with Gasteiger partial charge in [-0.3, -0.25) is 14.4 Å². The summed E-state index contributed by atoms with van der Waals surface area (Å²) in [5.74, 6) is 1.24. The van der Waals surface area contributed by atoms with Crippen LogP contribution in [0.4, 0.5) is 0 Å². The fourth-order valence-electron chi connectivity index (χ4n) is 5.48. The van der Waals surface area contributed by atoms with Gasteiger partial charge in [0, 0.05) is 50.9 Å². The lowest BCUT2D eigenvalue weighted by Crippen LogP contribution is -2.36. The summed E-state index contributed by atoms with van der Waals surface area (Å²) in [5.41, 5.74) is 4.84. The molecule has 0 aliphatic carbocycles. The summed E-state index contributed by atoms with van der Waals surface area (Å²) in [6.45, 7) is 5.93. The summed E-state index contributed by atoms with van der Waals surface area (Å²) >= 11 is 0. The number of amides is 1. The molecule has 2 fully saturated rings. The summed E-state index contributed by atoms with van der Waals surface area (Å²) < 4.78 is 1.87. The first-order valence-electron chi connectivity index (χ1n) is 11.2. The molecular formula is C26H30N4O. The third kappa shape index (κ3) is 4.02. The number of nitrogens with zero attached hydrogens (tertiary/aromatic N) is 4. The number of benzene rings is 2. The van der Waals surface area contributed by atoms with E-state index in [-0.39, 0.29) is 11.9 Å². The number of likely N-dealkylation sites (tertiary alicyclic amines) is 2. The molecule has 2 aliphatic heterocycles. The second-order valence-corrected chi connectivity index (χ2v) is 9.15. The van der Waals surface area contributed by atoms with Crippen LogP contribution < -0.4 is 0 Å². The molecule has 0 radical (unpaired) electrons. The zero-order valence-corrected chi connectivity index (χ0v) is 18.3. The number of rotatable bonds is 5. The standard InChI is InChI=1S/C26H30N4O/c1-19-8-6-7-11-22(19)12-25(31)30-17-23-16-29(15-20-13-27-28(2)14-20)18-24(23)26(30)21-9-4-3-5-10-21/h3-11,13-14,23-24,26H,12,15-18H2,1-2H3/t23-,24-,26-/m0/s1. The van der Waals surface area contributed by atoms with E-state index in [0.29, 0.717) is 18.3 Å². The van der Waals surface area contributed by atoms with Gasteiger partial charge in [0.05, 0.1) is 18.7 Å². The quantitative estimate of drug-likeness (QED) is 0.641. The number of aryl methyl sites for hydroxylation is 2. The van der Waals surface area contributed by atoms with Crippen molar-refractivity contribution >= 4 is 5.91 Å². The van der Waals surface area contributed by atoms with E-state index in [2.05, 4.69) is 70.5 Å². The van der Waals surface area contributed by atoms with Gasteiger partial charge < -0.3 is 4.90 Å². The summed E-state index contributed by atoms with van der Waals surface area (Å²) in [6.07, 6.45) is 4.54. The lowest BCUT2D eigenvalue weighted by molar-refractivity contribution is -0.132. The molecule has 2 aromatic carbocycles. The van der Waals surface area contributed by atoms with Gasteiger partial charge in [-0.2, -0.15) is 5.10 Å². The number of aromatic nitrogens is 2. The highest BCUT2D eigenvalue weighted by molar-refractivity contribution is 5.80.